The monoisotopic (exact) mass is 446 g/mol. The maximum absolute atomic E-state index is 12.0. The van der Waals surface area contributed by atoms with Gasteiger partial charge in [-0.15, -0.1) is 0 Å². The summed E-state index contributed by atoms with van der Waals surface area (Å²) < 4.78 is 5.93. The number of allylic oxidation sites excluding steroid dienone is 10. The third-order valence-electron chi connectivity index (χ3n) is 4.36. The average molecular weight is 447 g/mol. The van der Waals surface area contributed by atoms with Gasteiger partial charge in [0, 0.05) is 6.42 Å². The van der Waals surface area contributed by atoms with Gasteiger partial charge in [0.15, 0.2) is 6.10 Å². The van der Waals surface area contributed by atoms with Gasteiger partial charge in [0.25, 0.3) is 0 Å². The number of hydrogen-bond acceptors (Lipinski definition) is 3. The molecule has 180 valence electrons. The number of quaternary nitrogens is 1. The fourth-order valence-corrected chi connectivity index (χ4v) is 2.93. The molecular formula is C27H44NO4+. The maximum Gasteiger partial charge on any atom is 0.307 e. The molecule has 5 nitrogen and oxygen atoms in total. The van der Waals surface area contributed by atoms with Crippen molar-refractivity contribution in [2.75, 3.05) is 27.7 Å². The van der Waals surface area contributed by atoms with Crippen molar-refractivity contribution in [3.63, 3.8) is 0 Å². The van der Waals surface area contributed by atoms with Gasteiger partial charge in [-0.05, 0) is 44.9 Å². The third-order valence-corrected chi connectivity index (χ3v) is 4.36. The lowest BCUT2D eigenvalue weighted by Gasteiger charge is -2.28. The van der Waals surface area contributed by atoms with Crippen molar-refractivity contribution >= 4 is 11.9 Å². The van der Waals surface area contributed by atoms with E-state index in [0.29, 0.717) is 23.9 Å². The van der Waals surface area contributed by atoms with Crippen LogP contribution < -0.4 is 0 Å². The minimum absolute atomic E-state index is 0.157. The van der Waals surface area contributed by atoms with Crippen molar-refractivity contribution < 1.29 is 23.9 Å². The highest BCUT2D eigenvalue weighted by atomic mass is 16.5. The van der Waals surface area contributed by atoms with Crippen LogP contribution >= 0.6 is 0 Å². The first-order valence-corrected chi connectivity index (χ1v) is 11.7. The summed E-state index contributed by atoms with van der Waals surface area (Å²) in [6.07, 6.45) is 27.5. The Labute approximate surface area is 195 Å². The van der Waals surface area contributed by atoms with E-state index in [1.54, 1.807) is 0 Å². The Balaban J connectivity index is 3.89. The lowest BCUT2D eigenvalue weighted by atomic mass is 10.2. The van der Waals surface area contributed by atoms with Gasteiger partial charge in [-0.2, -0.15) is 0 Å². The summed E-state index contributed by atoms with van der Waals surface area (Å²) in [5, 5.41) is 9.00. The molecule has 1 atom stereocenters. The zero-order chi connectivity index (χ0) is 24.1. The van der Waals surface area contributed by atoms with E-state index in [9.17, 15) is 9.59 Å². The molecule has 0 spiro atoms. The van der Waals surface area contributed by atoms with Gasteiger partial charge in [0.05, 0.1) is 27.6 Å². The number of esters is 1. The number of ether oxygens (including phenoxy) is 1. The molecule has 0 aliphatic rings. The minimum Gasteiger partial charge on any atom is -0.481 e. The van der Waals surface area contributed by atoms with Crippen molar-refractivity contribution in [1.82, 2.24) is 0 Å². The molecular weight excluding hydrogens is 402 g/mol. The van der Waals surface area contributed by atoms with Gasteiger partial charge in [-0.1, -0.05) is 67.7 Å². The number of unbranched alkanes of at least 4 members (excludes halogenated alkanes) is 1. The van der Waals surface area contributed by atoms with Crippen molar-refractivity contribution in [3.8, 4) is 0 Å². The molecule has 0 aromatic carbocycles. The second-order valence-corrected chi connectivity index (χ2v) is 8.78. The average Bonchev–Trinajstić information content (AvgIpc) is 2.68. The van der Waals surface area contributed by atoms with Crippen LogP contribution in [0.1, 0.15) is 64.7 Å². The number of carbonyl (C=O) groups is 2. The fourth-order valence-electron chi connectivity index (χ4n) is 2.93. The summed E-state index contributed by atoms with van der Waals surface area (Å²) in [5.74, 6) is -1.27. The van der Waals surface area contributed by atoms with Crippen LogP contribution in [0.15, 0.2) is 60.8 Å². The lowest BCUT2D eigenvalue weighted by molar-refractivity contribution is -0.873. The number of rotatable bonds is 18. The molecule has 0 aliphatic carbocycles. The second-order valence-electron chi connectivity index (χ2n) is 8.78. The summed E-state index contributed by atoms with van der Waals surface area (Å²) in [6, 6.07) is 0. The number of carbonyl (C=O) groups excluding carboxylic acids is 1. The van der Waals surface area contributed by atoms with E-state index in [1.165, 1.54) is 0 Å². The molecule has 0 aromatic heterocycles. The Morgan fingerprint density at radius 3 is 1.72 bits per heavy atom. The van der Waals surface area contributed by atoms with E-state index < -0.39 is 12.1 Å². The number of likely N-dealkylation sites (N-methyl/N-ethyl adjacent to an activating group) is 1. The molecule has 5 heteroatoms. The van der Waals surface area contributed by atoms with Crippen LogP contribution in [-0.4, -0.2) is 55.3 Å². The van der Waals surface area contributed by atoms with Crippen LogP contribution in [-0.2, 0) is 14.3 Å². The Bertz CT molecular complexity index is 651. The second kappa shape index (κ2) is 19.3. The van der Waals surface area contributed by atoms with Gasteiger partial charge in [-0.25, -0.2) is 0 Å². The molecule has 0 aliphatic heterocycles. The van der Waals surface area contributed by atoms with E-state index in [-0.39, 0.29) is 12.4 Å². The van der Waals surface area contributed by atoms with Crippen LogP contribution in [0.25, 0.3) is 0 Å². The van der Waals surface area contributed by atoms with E-state index in [0.717, 1.165) is 38.5 Å². The molecule has 0 saturated heterocycles. The summed E-state index contributed by atoms with van der Waals surface area (Å²) in [6.45, 7) is 2.62. The Hall–Kier alpha value is -2.40. The molecule has 0 amide bonds. The van der Waals surface area contributed by atoms with Crippen molar-refractivity contribution in [1.29, 1.82) is 0 Å². The molecule has 0 bridgehead atoms. The first kappa shape index (κ1) is 29.6. The number of carboxylic acid groups (broad SMARTS) is 1. The quantitative estimate of drug-likeness (QED) is 0.121. The number of hydrogen-bond donors (Lipinski definition) is 1. The van der Waals surface area contributed by atoms with Gasteiger partial charge in [0.1, 0.15) is 6.54 Å². The smallest absolute Gasteiger partial charge is 0.307 e. The highest BCUT2D eigenvalue weighted by Gasteiger charge is 2.24. The zero-order valence-corrected chi connectivity index (χ0v) is 20.5. The third kappa shape index (κ3) is 22.3. The van der Waals surface area contributed by atoms with Crippen LogP contribution in [0.5, 0.6) is 0 Å². The Morgan fingerprint density at radius 1 is 0.812 bits per heavy atom. The lowest BCUT2D eigenvalue weighted by Crippen LogP contribution is -2.43. The highest BCUT2D eigenvalue weighted by Crippen LogP contribution is 2.08. The summed E-state index contributed by atoms with van der Waals surface area (Å²) in [5.41, 5.74) is 0. The highest BCUT2D eigenvalue weighted by molar-refractivity contribution is 5.71. The van der Waals surface area contributed by atoms with Gasteiger partial charge >= 0.3 is 11.9 Å². The number of nitrogens with zero attached hydrogens (tertiary/aromatic N) is 1. The van der Waals surface area contributed by atoms with Crippen molar-refractivity contribution in [2.24, 2.45) is 0 Å². The topological polar surface area (TPSA) is 63.6 Å². The maximum atomic E-state index is 12.0. The SMILES string of the molecule is CCC=CCC=CCC=CCC=CCC=CCCCC(=O)OC(CC(=O)O)C[N+](C)(C)C. The number of aliphatic carboxylic acids is 1. The molecule has 0 aromatic rings. The fraction of sp³-hybridized carbons (Fsp3) is 0.556. The van der Waals surface area contributed by atoms with E-state index in [1.807, 2.05) is 21.1 Å². The summed E-state index contributed by atoms with van der Waals surface area (Å²) >= 11 is 0. The van der Waals surface area contributed by atoms with E-state index >= 15 is 0 Å². The van der Waals surface area contributed by atoms with Crippen LogP contribution in [0, 0.1) is 0 Å². The molecule has 0 radical (unpaired) electrons. The van der Waals surface area contributed by atoms with E-state index in [4.69, 9.17) is 9.84 Å². The first-order valence-electron chi connectivity index (χ1n) is 11.7. The largest absolute Gasteiger partial charge is 0.481 e. The normalized spacial score (nSPS) is 13.9. The Morgan fingerprint density at radius 2 is 1.28 bits per heavy atom. The predicted octanol–water partition coefficient (Wildman–Crippen LogP) is 6.00. The van der Waals surface area contributed by atoms with Crippen molar-refractivity contribution in [2.45, 2.75) is 70.8 Å². The summed E-state index contributed by atoms with van der Waals surface area (Å²) in [7, 11) is 5.85. The van der Waals surface area contributed by atoms with Crippen LogP contribution in [0.2, 0.25) is 0 Å². The van der Waals surface area contributed by atoms with Crippen molar-refractivity contribution in [3.05, 3.63) is 60.8 Å². The standard InChI is InChI=1S/C27H43NO4/c1-5-6-7-8-9-10-11-12-13-14-15-16-17-18-19-20-21-22-27(31)32-25(23-26(29)30)24-28(2,3)4/h6-7,9-10,12-13,15-16,18-19,25H,5,8,11,14,17,20-24H2,1-4H3/p+1. The Kier molecular flexibility index (Phi) is 17.9. The molecule has 1 unspecified atom stereocenters. The molecule has 32 heavy (non-hydrogen) atoms. The summed E-state index contributed by atoms with van der Waals surface area (Å²) in [4.78, 5) is 23.0. The molecule has 0 saturated carbocycles. The van der Waals surface area contributed by atoms with E-state index in [2.05, 4.69) is 67.7 Å². The molecule has 0 rings (SSSR count). The first-order chi connectivity index (χ1) is 15.2. The predicted molar refractivity (Wildman–Crippen MR) is 133 cm³/mol. The zero-order valence-electron chi connectivity index (χ0n) is 20.5. The van der Waals surface area contributed by atoms with Gasteiger partial charge in [-0.3, -0.25) is 9.59 Å². The van der Waals surface area contributed by atoms with Crippen LogP contribution in [0.3, 0.4) is 0 Å². The number of carboxylic acids is 1. The minimum atomic E-state index is -0.949. The van der Waals surface area contributed by atoms with Crippen LogP contribution in [0.4, 0.5) is 0 Å². The van der Waals surface area contributed by atoms with Gasteiger partial charge in [0.2, 0.25) is 0 Å². The van der Waals surface area contributed by atoms with Gasteiger partial charge < -0.3 is 14.3 Å². The molecule has 0 fully saturated rings. The molecule has 1 N–H and O–H groups in total. The molecule has 0 heterocycles.